The van der Waals surface area contributed by atoms with Crippen LogP contribution in [0.4, 0.5) is 5.69 Å². The Hall–Kier alpha value is -1.94. The van der Waals surface area contributed by atoms with E-state index in [1.165, 1.54) is 11.8 Å². The number of hydrogen-bond acceptors (Lipinski definition) is 3. The minimum absolute atomic E-state index is 0.0735. The van der Waals surface area contributed by atoms with Crippen LogP contribution in [-0.2, 0) is 4.79 Å². The van der Waals surface area contributed by atoms with E-state index in [1.807, 2.05) is 38.1 Å². The predicted molar refractivity (Wildman–Crippen MR) is 83.4 cm³/mol. The molecular formula is C16H17NO2S. The molecule has 0 atom stereocenters. The third kappa shape index (κ3) is 3.54. The number of thioether (sulfide) groups is 1. The topological polar surface area (TPSA) is 49.3 Å². The Balaban J connectivity index is 1.98. The van der Waals surface area contributed by atoms with Crippen molar-refractivity contribution >= 4 is 23.4 Å². The van der Waals surface area contributed by atoms with Crippen molar-refractivity contribution in [3.05, 3.63) is 53.6 Å². The van der Waals surface area contributed by atoms with Gasteiger partial charge in [0, 0.05) is 10.6 Å². The van der Waals surface area contributed by atoms with Gasteiger partial charge in [-0.15, -0.1) is 11.8 Å². The van der Waals surface area contributed by atoms with Gasteiger partial charge in [-0.25, -0.2) is 0 Å². The SMILES string of the molecule is Cc1cccc(C)c1NC(=O)CSc1ccccc1O. The zero-order valence-electron chi connectivity index (χ0n) is 11.5. The Morgan fingerprint density at radius 1 is 1.10 bits per heavy atom. The third-order valence-corrected chi connectivity index (χ3v) is 4.03. The molecule has 104 valence electrons. The monoisotopic (exact) mass is 287 g/mol. The van der Waals surface area contributed by atoms with Gasteiger partial charge in [0.25, 0.3) is 0 Å². The summed E-state index contributed by atoms with van der Waals surface area (Å²) >= 11 is 1.32. The van der Waals surface area contributed by atoms with E-state index in [-0.39, 0.29) is 17.4 Å². The Labute approximate surface area is 123 Å². The Morgan fingerprint density at radius 2 is 1.75 bits per heavy atom. The van der Waals surface area contributed by atoms with E-state index in [9.17, 15) is 9.90 Å². The molecule has 0 aromatic heterocycles. The second-order valence-electron chi connectivity index (χ2n) is 4.57. The molecule has 3 nitrogen and oxygen atoms in total. The number of aryl methyl sites for hydroxylation is 2. The van der Waals surface area contributed by atoms with Crippen LogP contribution in [-0.4, -0.2) is 16.8 Å². The fourth-order valence-electron chi connectivity index (χ4n) is 1.91. The number of phenolic OH excluding ortho intramolecular Hbond substituents is 1. The van der Waals surface area contributed by atoms with Crippen LogP contribution < -0.4 is 5.32 Å². The first-order valence-electron chi connectivity index (χ1n) is 6.35. The number of benzene rings is 2. The van der Waals surface area contributed by atoms with Gasteiger partial charge in [0.05, 0.1) is 5.75 Å². The lowest BCUT2D eigenvalue weighted by molar-refractivity contribution is -0.113. The van der Waals surface area contributed by atoms with Crippen LogP contribution in [0.25, 0.3) is 0 Å². The van der Waals surface area contributed by atoms with E-state index in [2.05, 4.69) is 5.32 Å². The Bertz CT molecular complexity index is 605. The van der Waals surface area contributed by atoms with Gasteiger partial charge in [-0.05, 0) is 37.1 Å². The van der Waals surface area contributed by atoms with Crippen LogP contribution in [0.2, 0.25) is 0 Å². The molecule has 1 amide bonds. The Kier molecular flexibility index (Phi) is 4.69. The fourth-order valence-corrected chi connectivity index (χ4v) is 2.66. The number of rotatable bonds is 4. The highest BCUT2D eigenvalue weighted by atomic mass is 32.2. The molecule has 20 heavy (non-hydrogen) atoms. The average molecular weight is 287 g/mol. The zero-order valence-corrected chi connectivity index (χ0v) is 12.3. The summed E-state index contributed by atoms with van der Waals surface area (Å²) in [5.74, 6) is 0.402. The van der Waals surface area contributed by atoms with Crippen molar-refractivity contribution in [1.29, 1.82) is 0 Å². The van der Waals surface area contributed by atoms with Crippen LogP contribution in [0.15, 0.2) is 47.4 Å². The summed E-state index contributed by atoms with van der Waals surface area (Å²) in [6, 6.07) is 12.9. The first kappa shape index (κ1) is 14.5. The van der Waals surface area contributed by atoms with E-state index in [0.29, 0.717) is 4.90 Å². The van der Waals surface area contributed by atoms with Crippen molar-refractivity contribution in [3.8, 4) is 5.75 Å². The number of phenols is 1. The van der Waals surface area contributed by atoms with Gasteiger partial charge >= 0.3 is 0 Å². The molecule has 0 saturated heterocycles. The van der Waals surface area contributed by atoms with Crippen molar-refractivity contribution in [2.45, 2.75) is 18.7 Å². The van der Waals surface area contributed by atoms with Gasteiger partial charge in [-0.2, -0.15) is 0 Å². The van der Waals surface area contributed by atoms with Crippen LogP contribution in [0.3, 0.4) is 0 Å². The minimum Gasteiger partial charge on any atom is -0.507 e. The maximum absolute atomic E-state index is 12.0. The maximum Gasteiger partial charge on any atom is 0.234 e. The molecule has 0 aliphatic carbocycles. The number of para-hydroxylation sites is 2. The lowest BCUT2D eigenvalue weighted by atomic mass is 10.1. The zero-order chi connectivity index (χ0) is 14.5. The standard InChI is InChI=1S/C16H17NO2S/c1-11-6-5-7-12(2)16(11)17-15(19)10-20-14-9-4-3-8-13(14)18/h3-9,18H,10H2,1-2H3,(H,17,19). The van der Waals surface area contributed by atoms with E-state index in [4.69, 9.17) is 0 Å². The molecule has 4 heteroatoms. The highest BCUT2D eigenvalue weighted by molar-refractivity contribution is 8.00. The van der Waals surface area contributed by atoms with Gasteiger partial charge in [-0.3, -0.25) is 4.79 Å². The first-order valence-corrected chi connectivity index (χ1v) is 7.33. The number of carbonyl (C=O) groups is 1. The summed E-state index contributed by atoms with van der Waals surface area (Å²) in [7, 11) is 0. The molecule has 2 rings (SSSR count). The van der Waals surface area contributed by atoms with Crippen LogP contribution in [0.1, 0.15) is 11.1 Å². The Morgan fingerprint density at radius 3 is 2.40 bits per heavy atom. The molecule has 2 N–H and O–H groups in total. The molecule has 0 aliphatic heterocycles. The van der Waals surface area contributed by atoms with Crippen molar-refractivity contribution in [1.82, 2.24) is 0 Å². The van der Waals surface area contributed by atoms with Gasteiger partial charge in [-0.1, -0.05) is 30.3 Å². The number of carbonyl (C=O) groups excluding carboxylic acids is 1. The van der Waals surface area contributed by atoms with Crippen LogP contribution in [0.5, 0.6) is 5.75 Å². The number of hydrogen-bond donors (Lipinski definition) is 2. The molecule has 0 spiro atoms. The van der Waals surface area contributed by atoms with Crippen molar-refractivity contribution in [2.24, 2.45) is 0 Å². The lowest BCUT2D eigenvalue weighted by Crippen LogP contribution is -2.15. The summed E-state index contributed by atoms with van der Waals surface area (Å²) in [6.07, 6.45) is 0. The largest absolute Gasteiger partial charge is 0.507 e. The molecule has 0 heterocycles. The lowest BCUT2D eigenvalue weighted by Gasteiger charge is -2.11. The highest BCUT2D eigenvalue weighted by Crippen LogP contribution is 2.28. The first-order chi connectivity index (χ1) is 9.58. The molecule has 2 aromatic rings. The summed E-state index contributed by atoms with van der Waals surface area (Å²) < 4.78 is 0. The van der Waals surface area contributed by atoms with Crippen LogP contribution >= 0.6 is 11.8 Å². The van der Waals surface area contributed by atoms with Gasteiger partial charge in [0.15, 0.2) is 0 Å². The summed E-state index contributed by atoms with van der Waals surface area (Å²) in [4.78, 5) is 12.7. The predicted octanol–water partition coefficient (Wildman–Crippen LogP) is 3.74. The maximum atomic E-state index is 12.0. The smallest absolute Gasteiger partial charge is 0.234 e. The van der Waals surface area contributed by atoms with Gasteiger partial charge in [0.2, 0.25) is 5.91 Å². The number of anilines is 1. The van der Waals surface area contributed by atoms with E-state index < -0.39 is 0 Å². The minimum atomic E-state index is -0.0735. The molecule has 0 radical (unpaired) electrons. The normalized spacial score (nSPS) is 10.3. The highest BCUT2D eigenvalue weighted by Gasteiger charge is 2.09. The van der Waals surface area contributed by atoms with Crippen LogP contribution in [0, 0.1) is 13.8 Å². The van der Waals surface area contributed by atoms with E-state index in [1.54, 1.807) is 18.2 Å². The molecule has 0 aliphatic rings. The number of amides is 1. The molecule has 0 unspecified atom stereocenters. The van der Waals surface area contributed by atoms with Crippen molar-refractivity contribution in [2.75, 3.05) is 11.1 Å². The average Bonchev–Trinajstić information content (AvgIpc) is 2.42. The van der Waals surface area contributed by atoms with E-state index in [0.717, 1.165) is 16.8 Å². The molecular weight excluding hydrogens is 270 g/mol. The van der Waals surface area contributed by atoms with Gasteiger partial charge < -0.3 is 10.4 Å². The second-order valence-corrected chi connectivity index (χ2v) is 5.59. The summed E-state index contributed by atoms with van der Waals surface area (Å²) in [5, 5.41) is 12.6. The van der Waals surface area contributed by atoms with Crippen molar-refractivity contribution in [3.63, 3.8) is 0 Å². The fraction of sp³-hybridized carbons (Fsp3) is 0.188. The molecule has 0 bridgehead atoms. The molecule has 2 aromatic carbocycles. The molecule has 0 saturated carbocycles. The number of aromatic hydroxyl groups is 1. The van der Waals surface area contributed by atoms with E-state index >= 15 is 0 Å². The van der Waals surface area contributed by atoms with Gasteiger partial charge in [0.1, 0.15) is 5.75 Å². The second kappa shape index (κ2) is 6.48. The molecule has 0 fully saturated rings. The third-order valence-electron chi connectivity index (χ3n) is 2.97. The number of nitrogens with one attached hydrogen (secondary N) is 1. The summed E-state index contributed by atoms with van der Waals surface area (Å²) in [5.41, 5.74) is 2.97. The summed E-state index contributed by atoms with van der Waals surface area (Å²) in [6.45, 7) is 3.94. The quantitative estimate of drug-likeness (QED) is 0.842. The van der Waals surface area contributed by atoms with Crippen molar-refractivity contribution < 1.29 is 9.90 Å².